The summed E-state index contributed by atoms with van der Waals surface area (Å²) in [6.07, 6.45) is 13.1. The molecule has 0 fully saturated rings. The van der Waals surface area contributed by atoms with E-state index in [0.717, 1.165) is 17.6 Å². The van der Waals surface area contributed by atoms with Gasteiger partial charge in [0, 0.05) is 5.92 Å². The number of carbonyl (C=O) groups is 1. The second-order valence-electron chi connectivity index (χ2n) is 4.77. The number of esters is 1. The maximum atomic E-state index is 12.3. The molecule has 2 heteroatoms. The van der Waals surface area contributed by atoms with Gasteiger partial charge in [0.1, 0.15) is 0 Å². The lowest BCUT2D eigenvalue weighted by molar-refractivity contribution is -0.138. The molecule has 0 N–H and O–H groups in total. The molecule has 2 aliphatic rings. The zero-order chi connectivity index (χ0) is 13.8. The second kappa shape index (κ2) is 5.87. The van der Waals surface area contributed by atoms with Crippen LogP contribution in [0.1, 0.15) is 27.2 Å². The fourth-order valence-corrected chi connectivity index (χ4v) is 2.59. The van der Waals surface area contributed by atoms with Crippen molar-refractivity contribution in [3.63, 3.8) is 0 Å². The lowest BCUT2D eigenvalue weighted by Crippen LogP contribution is -2.14. The minimum Gasteiger partial charge on any atom is -0.463 e. The van der Waals surface area contributed by atoms with Gasteiger partial charge < -0.3 is 4.74 Å². The number of carbonyl (C=O) groups excluding carboxylic acids is 1. The number of ether oxygens (including phenoxy) is 1. The van der Waals surface area contributed by atoms with Gasteiger partial charge in [0.2, 0.25) is 0 Å². The molecule has 0 amide bonds. The summed E-state index contributed by atoms with van der Waals surface area (Å²) < 4.78 is 5.23. The minimum absolute atomic E-state index is 0.154. The standard InChI is InChI=1S/C17H20O2/c1-4-12(3)15-11-13-9-7-6-8-10-14(13)16(15)17(18)19-5-2/h4,6-10,15H,5,11H2,1-3H3/b12-4+/t15-/m0/s1. The molecular weight excluding hydrogens is 236 g/mol. The van der Waals surface area contributed by atoms with Crippen LogP contribution in [0, 0.1) is 5.92 Å². The summed E-state index contributed by atoms with van der Waals surface area (Å²) >= 11 is 0. The summed E-state index contributed by atoms with van der Waals surface area (Å²) in [5, 5.41) is 0. The van der Waals surface area contributed by atoms with E-state index in [1.54, 1.807) is 0 Å². The molecule has 0 bridgehead atoms. The van der Waals surface area contributed by atoms with Crippen LogP contribution in [0.15, 0.2) is 58.7 Å². The van der Waals surface area contributed by atoms with Crippen LogP contribution in [0.2, 0.25) is 0 Å². The van der Waals surface area contributed by atoms with Crippen molar-refractivity contribution < 1.29 is 9.53 Å². The fourth-order valence-electron chi connectivity index (χ4n) is 2.59. The van der Waals surface area contributed by atoms with Crippen LogP contribution in [0.3, 0.4) is 0 Å². The number of allylic oxidation sites excluding steroid dienone is 9. The Morgan fingerprint density at radius 1 is 1.42 bits per heavy atom. The van der Waals surface area contributed by atoms with Crippen LogP contribution >= 0.6 is 0 Å². The van der Waals surface area contributed by atoms with E-state index in [2.05, 4.69) is 19.1 Å². The van der Waals surface area contributed by atoms with Crippen molar-refractivity contribution >= 4 is 5.97 Å². The Morgan fingerprint density at radius 2 is 2.21 bits per heavy atom. The zero-order valence-corrected chi connectivity index (χ0v) is 11.8. The van der Waals surface area contributed by atoms with Crippen molar-refractivity contribution in [1.29, 1.82) is 0 Å². The number of fused-ring (bicyclic) bond motifs is 1. The molecule has 100 valence electrons. The Bertz CT molecular complexity index is 527. The van der Waals surface area contributed by atoms with Crippen LogP contribution < -0.4 is 0 Å². The van der Waals surface area contributed by atoms with Gasteiger partial charge in [0.05, 0.1) is 12.2 Å². The predicted octanol–water partition coefficient (Wildman–Crippen LogP) is 3.88. The Balaban J connectivity index is 2.49. The summed E-state index contributed by atoms with van der Waals surface area (Å²) in [6.45, 7) is 6.35. The smallest absolute Gasteiger partial charge is 0.335 e. The zero-order valence-electron chi connectivity index (χ0n) is 11.8. The molecule has 0 unspecified atom stereocenters. The average Bonchev–Trinajstić information content (AvgIpc) is 2.62. The van der Waals surface area contributed by atoms with Gasteiger partial charge in [0.15, 0.2) is 0 Å². The molecule has 0 aliphatic heterocycles. The maximum Gasteiger partial charge on any atom is 0.335 e. The van der Waals surface area contributed by atoms with E-state index in [1.807, 2.05) is 38.2 Å². The van der Waals surface area contributed by atoms with Crippen molar-refractivity contribution in [3.8, 4) is 0 Å². The van der Waals surface area contributed by atoms with E-state index in [4.69, 9.17) is 4.74 Å². The highest BCUT2D eigenvalue weighted by molar-refractivity contribution is 5.94. The van der Waals surface area contributed by atoms with E-state index in [0.29, 0.717) is 6.61 Å². The van der Waals surface area contributed by atoms with Gasteiger partial charge in [0.25, 0.3) is 0 Å². The molecule has 1 atom stereocenters. The molecule has 0 spiro atoms. The molecule has 2 rings (SSSR count). The van der Waals surface area contributed by atoms with Crippen molar-refractivity contribution in [2.45, 2.75) is 27.2 Å². The van der Waals surface area contributed by atoms with E-state index in [9.17, 15) is 4.79 Å². The second-order valence-corrected chi connectivity index (χ2v) is 4.77. The lowest BCUT2D eigenvalue weighted by atomic mass is 9.92. The highest BCUT2D eigenvalue weighted by Crippen LogP contribution is 2.42. The number of hydrogen-bond acceptors (Lipinski definition) is 2. The van der Waals surface area contributed by atoms with Gasteiger partial charge in [-0.15, -0.1) is 0 Å². The molecule has 2 nitrogen and oxygen atoms in total. The van der Waals surface area contributed by atoms with Crippen LogP contribution in [0.5, 0.6) is 0 Å². The fraction of sp³-hybridized carbons (Fsp3) is 0.353. The monoisotopic (exact) mass is 256 g/mol. The highest BCUT2D eigenvalue weighted by Gasteiger charge is 2.34. The average molecular weight is 256 g/mol. The Labute approximate surface area is 114 Å². The van der Waals surface area contributed by atoms with Crippen LogP contribution in [-0.4, -0.2) is 12.6 Å². The SMILES string of the molecule is C/C=C(\C)[C@@H]1CC2=CC=CC=CC2=C1C(=O)OCC. The van der Waals surface area contributed by atoms with Crippen LogP contribution in [-0.2, 0) is 9.53 Å². The van der Waals surface area contributed by atoms with E-state index >= 15 is 0 Å². The predicted molar refractivity (Wildman–Crippen MR) is 77.6 cm³/mol. The van der Waals surface area contributed by atoms with Crippen molar-refractivity contribution in [2.24, 2.45) is 5.92 Å². The number of hydrogen-bond donors (Lipinski definition) is 0. The summed E-state index contributed by atoms with van der Waals surface area (Å²) in [6, 6.07) is 0. The van der Waals surface area contributed by atoms with Gasteiger partial charge >= 0.3 is 5.97 Å². The van der Waals surface area contributed by atoms with Crippen LogP contribution in [0.25, 0.3) is 0 Å². The molecule has 2 aliphatic carbocycles. The van der Waals surface area contributed by atoms with Crippen molar-refractivity contribution in [1.82, 2.24) is 0 Å². The first-order valence-electron chi connectivity index (χ1n) is 6.77. The number of rotatable bonds is 3. The molecule has 0 aromatic carbocycles. The first-order valence-corrected chi connectivity index (χ1v) is 6.77. The minimum atomic E-state index is -0.182. The quantitative estimate of drug-likeness (QED) is 0.565. The third kappa shape index (κ3) is 2.62. The summed E-state index contributed by atoms with van der Waals surface area (Å²) in [7, 11) is 0. The first kappa shape index (κ1) is 13.6. The molecule has 0 aromatic rings. The third-order valence-corrected chi connectivity index (χ3v) is 3.69. The largest absolute Gasteiger partial charge is 0.463 e. The molecule has 0 saturated carbocycles. The third-order valence-electron chi connectivity index (χ3n) is 3.69. The van der Waals surface area contributed by atoms with Gasteiger partial charge in [-0.3, -0.25) is 0 Å². The summed E-state index contributed by atoms with van der Waals surface area (Å²) in [4.78, 5) is 12.3. The summed E-state index contributed by atoms with van der Waals surface area (Å²) in [5.74, 6) is -0.0277. The molecule has 19 heavy (non-hydrogen) atoms. The van der Waals surface area contributed by atoms with Crippen molar-refractivity contribution in [3.05, 3.63) is 58.7 Å². The van der Waals surface area contributed by atoms with Gasteiger partial charge in [-0.25, -0.2) is 4.79 Å². The Morgan fingerprint density at radius 3 is 2.89 bits per heavy atom. The van der Waals surface area contributed by atoms with E-state index in [1.165, 1.54) is 11.1 Å². The lowest BCUT2D eigenvalue weighted by Gasteiger charge is -2.14. The molecule has 0 saturated heterocycles. The first-order chi connectivity index (χ1) is 9.19. The molecular formula is C17H20O2. The van der Waals surface area contributed by atoms with Crippen molar-refractivity contribution in [2.75, 3.05) is 6.61 Å². The van der Waals surface area contributed by atoms with Gasteiger partial charge in [-0.1, -0.05) is 42.0 Å². The molecule has 0 heterocycles. The topological polar surface area (TPSA) is 26.3 Å². The maximum absolute atomic E-state index is 12.3. The Hall–Kier alpha value is -1.83. The van der Waals surface area contributed by atoms with Gasteiger partial charge in [-0.05, 0) is 38.3 Å². The normalized spacial score (nSPS) is 22.2. The molecule has 0 radical (unpaired) electrons. The Kier molecular flexibility index (Phi) is 4.20. The van der Waals surface area contributed by atoms with Crippen LogP contribution in [0.4, 0.5) is 0 Å². The van der Waals surface area contributed by atoms with E-state index in [-0.39, 0.29) is 11.9 Å². The van der Waals surface area contributed by atoms with Gasteiger partial charge in [-0.2, -0.15) is 0 Å². The van der Waals surface area contributed by atoms with E-state index < -0.39 is 0 Å². The molecule has 0 aromatic heterocycles. The highest BCUT2D eigenvalue weighted by atomic mass is 16.5. The summed E-state index contributed by atoms with van der Waals surface area (Å²) in [5.41, 5.74) is 4.29.